The van der Waals surface area contributed by atoms with Gasteiger partial charge in [0.1, 0.15) is 17.2 Å². The molecule has 9 nitrogen and oxygen atoms in total. The number of ether oxygens (including phenoxy) is 1. The van der Waals surface area contributed by atoms with Gasteiger partial charge in [-0.1, -0.05) is 6.07 Å². The van der Waals surface area contributed by atoms with Gasteiger partial charge in [0.25, 0.3) is 11.8 Å². The number of hydrogen-bond acceptors (Lipinski definition) is 6. The first-order valence-electron chi connectivity index (χ1n) is 10.6. The maximum absolute atomic E-state index is 13.8. The van der Waals surface area contributed by atoms with Crippen LogP contribution < -0.4 is 16.5 Å². The van der Waals surface area contributed by atoms with E-state index in [9.17, 15) is 28.3 Å². The summed E-state index contributed by atoms with van der Waals surface area (Å²) in [5, 5.41) is 12.9. The van der Waals surface area contributed by atoms with E-state index < -0.39 is 52.0 Å². The number of amides is 2. The highest BCUT2D eigenvalue weighted by atomic mass is 19.1. The third-order valence-electron chi connectivity index (χ3n) is 6.72. The molecule has 174 valence electrons. The Morgan fingerprint density at radius 3 is 2.88 bits per heavy atom. The fraction of sp³-hybridized carbons (Fsp3) is 0.409. The first-order chi connectivity index (χ1) is 15.7. The average Bonchev–Trinajstić information content (AvgIpc) is 3.17. The van der Waals surface area contributed by atoms with Gasteiger partial charge in [0, 0.05) is 24.4 Å². The van der Waals surface area contributed by atoms with Crippen molar-refractivity contribution in [3.05, 3.63) is 63.1 Å². The van der Waals surface area contributed by atoms with Crippen LogP contribution in [0.15, 0.2) is 29.2 Å². The number of rotatable bonds is 3. The van der Waals surface area contributed by atoms with Gasteiger partial charge in [0.15, 0.2) is 17.7 Å². The van der Waals surface area contributed by atoms with E-state index in [2.05, 4.69) is 5.32 Å². The molecule has 2 fully saturated rings. The zero-order valence-corrected chi connectivity index (χ0v) is 17.5. The van der Waals surface area contributed by atoms with E-state index in [1.54, 1.807) is 0 Å². The van der Waals surface area contributed by atoms with Crippen LogP contribution in [0.2, 0.25) is 0 Å². The number of hydrogen-bond donors (Lipinski definition) is 3. The smallest absolute Gasteiger partial charge is 0.276 e. The lowest BCUT2D eigenvalue weighted by atomic mass is 9.91. The zero-order chi connectivity index (χ0) is 23.5. The summed E-state index contributed by atoms with van der Waals surface area (Å²) in [5.74, 6) is -3.89. The van der Waals surface area contributed by atoms with Crippen LogP contribution in [0.5, 0.6) is 5.75 Å². The van der Waals surface area contributed by atoms with Crippen molar-refractivity contribution in [1.29, 1.82) is 0 Å². The summed E-state index contributed by atoms with van der Waals surface area (Å²) in [6.07, 6.45) is 2.79. The Bertz CT molecular complexity index is 1230. The van der Waals surface area contributed by atoms with Gasteiger partial charge in [-0.25, -0.2) is 8.78 Å². The summed E-state index contributed by atoms with van der Waals surface area (Å²) in [6.45, 7) is 0.0875. The number of aromatic nitrogens is 1. The molecule has 33 heavy (non-hydrogen) atoms. The van der Waals surface area contributed by atoms with Crippen LogP contribution in [0.4, 0.5) is 8.78 Å². The van der Waals surface area contributed by atoms with Crippen LogP contribution in [0.25, 0.3) is 0 Å². The number of nitrogens with two attached hydrogens (primary N) is 1. The number of nitrogens with zero attached hydrogens (tertiary/aromatic N) is 2. The van der Waals surface area contributed by atoms with Crippen LogP contribution in [0.1, 0.15) is 45.7 Å². The fourth-order valence-electron chi connectivity index (χ4n) is 5.01. The predicted molar refractivity (Wildman–Crippen MR) is 110 cm³/mol. The molecule has 2 aromatic rings. The van der Waals surface area contributed by atoms with Gasteiger partial charge < -0.3 is 30.4 Å². The molecule has 5 rings (SSSR count). The summed E-state index contributed by atoms with van der Waals surface area (Å²) in [5.41, 5.74) is 4.13. The molecule has 0 spiro atoms. The predicted octanol–water partition coefficient (Wildman–Crippen LogP) is 0.824. The van der Waals surface area contributed by atoms with Gasteiger partial charge in [-0.15, -0.1) is 0 Å². The van der Waals surface area contributed by atoms with Gasteiger partial charge in [0.05, 0.1) is 24.7 Å². The zero-order valence-electron chi connectivity index (χ0n) is 17.5. The van der Waals surface area contributed by atoms with Crippen molar-refractivity contribution in [2.45, 2.75) is 50.2 Å². The Balaban J connectivity index is 1.44. The van der Waals surface area contributed by atoms with Gasteiger partial charge >= 0.3 is 0 Å². The van der Waals surface area contributed by atoms with E-state index >= 15 is 0 Å². The molecule has 1 aromatic heterocycles. The number of benzene rings is 1. The summed E-state index contributed by atoms with van der Waals surface area (Å²) >= 11 is 0. The maximum Gasteiger partial charge on any atom is 0.276 e. The topological polar surface area (TPSA) is 127 Å². The molecule has 3 heterocycles. The van der Waals surface area contributed by atoms with Crippen LogP contribution in [-0.4, -0.2) is 50.8 Å². The van der Waals surface area contributed by atoms with Crippen molar-refractivity contribution in [3.63, 3.8) is 0 Å². The molecule has 0 bridgehead atoms. The second kappa shape index (κ2) is 7.63. The van der Waals surface area contributed by atoms with Gasteiger partial charge in [-0.3, -0.25) is 14.4 Å². The number of carbonyl (C=O) groups is 2. The lowest BCUT2D eigenvalue weighted by Gasteiger charge is -2.50. The number of halogens is 2. The van der Waals surface area contributed by atoms with Crippen molar-refractivity contribution in [2.24, 2.45) is 5.73 Å². The van der Waals surface area contributed by atoms with Crippen LogP contribution in [0.3, 0.4) is 0 Å². The second-order valence-electron chi connectivity index (χ2n) is 8.76. The highest BCUT2D eigenvalue weighted by molar-refractivity contribution is 5.99. The van der Waals surface area contributed by atoms with Crippen molar-refractivity contribution >= 4 is 11.8 Å². The van der Waals surface area contributed by atoms with E-state index in [4.69, 9.17) is 10.5 Å². The minimum atomic E-state index is -1.02. The quantitative estimate of drug-likeness (QED) is 0.623. The van der Waals surface area contributed by atoms with Gasteiger partial charge in [0.2, 0.25) is 5.43 Å². The van der Waals surface area contributed by atoms with E-state index in [0.29, 0.717) is 18.9 Å². The standard InChI is InChI=1S/C22H22F2N4O5/c23-12-4-3-11(14(24)6-12)7-26-20(31)13-8-27-9-16-28(21(32)17(27)19(30)18(13)29)15-2-1-5-22(15,25)10-33-16/h3-4,6,8,15-16,30H,1-2,5,7,9-10,25H2,(H,26,31)/t15-,16+,22+/m0/s1. The molecule has 1 saturated heterocycles. The first kappa shape index (κ1) is 21.5. The molecule has 3 atom stereocenters. The maximum atomic E-state index is 13.8. The SMILES string of the molecule is N[C@@]12CCC[C@@H]1N1C(=O)c3c(O)c(=O)c(C(=O)NCc4ccc(F)cc4F)cn3C[C@H]1OC2. The molecule has 3 aliphatic rings. The highest BCUT2D eigenvalue weighted by Gasteiger charge is 2.53. The van der Waals surface area contributed by atoms with Crippen molar-refractivity contribution in [1.82, 2.24) is 14.8 Å². The monoisotopic (exact) mass is 460 g/mol. The lowest BCUT2D eigenvalue weighted by Crippen LogP contribution is -2.69. The fourth-order valence-corrected chi connectivity index (χ4v) is 5.01. The average molecular weight is 460 g/mol. The molecule has 0 radical (unpaired) electrons. The number of nitrogens with one attached hydrogen (secondary N) is 1. The summed E-state index contributed by atoms with van der Waals surface area (Å²) in [7, 11) is 0. The number of carbonyl (C=O) groups excluding carboxylic acids is 2. The molecule has 1 saturated carbocycles. The van der Waals surface area contributed by atoms with Crippen molar-refractivity contribution in [2.75, 3.05) is 6.61 Å². The number of aromatic hydroxyl groups is 1. The second-order valence-corrected chi connectivity index (χ2v) is 8.76. The Morgan fingerprint density at radius 1 is 1.33 bits per heavy atom. The Labute approximate surface area is 186 Å². The molecule has 11 heteroatoms. The Hall–Kier alpha value is -3.31. The minimum Gasteiger partial charge on any atom is -0.503 e. The lowest BCUT2D eigenvalue weighted by molar-refractivity contribution is -0.141. The molecule has 2 aliphatic heterocycles. The van der Waals surface area contributed by atoms with E-state index in [1.165, 1.54) is 21.7 Å². The molecule has 1 aliphatic carbocycles. The van der Waals surface area contributed by atoms with E-state index in [-0.39, 0.29) is 37.0 Å². The highest BCUT2D eigenvalue weighted by Crippen LogP contribution is 2.40. The minimum absolute atomic E-state index is 0.0234. The molecular formula is C22H22F2N4O5. The molecule has 2 amide bonds. The largest absolute Gasteiger partial charge is 0.503 e. The van der Waals surface area contributed by atoms with Crippen LogP contribution in [0, 0.1) is 11.6 Å². The summed E-state index contributed by atoms with van der Waals surface area (Å²) in [4.78, 5) is 40.1. The third-order valence-corrected chi connectivity index (χ3v) is 6.72. The summed E-state index contributed by atoms with van der Waals surface area (Å²) < 4.78 is 34.1. The normalized spacial score (nSPS) is 25.9. The van der Waals surface area contributed by atoms with Gasteiger partial charge in [-0.2, -0.15) is 0 Å². The van der Waals surface area contributed by atoms with Gasteiger partial charge in [-0.05, 0) is 25.3 Å². The first-order valence-corrected chi connectivity index (χ1v) is 10.6. The summed E-state index contributed by atoms with van der Waals surface area (Å²) in [6, 6.07) is 2.64. The third kappa shape index (κ3) is 3.39. The molecule has 1 aromatic carbocycles. The molecular weight excluding hydrogens is 438 g/mol. The molecule has 0 unspecified atom stereocenters. The number of pyridine rings is 1. The van der Waals surface area contributed by atoms with E-state index in [1.807, 2.05) is 0 Å². The Kier molecular flexibility index (Phi) is 4.98. The molecule has 4 N–H and O–H groups in total. The van der Waals surface area contributed by atoms with Crippen molar-refractivity contribution < 1.29 is 28.2 Å². The number of fused-ring (bicyclic) bond motifs is 4. The van der Waals surface area contributed by atoms with Crippen LogP contribution in [-0.2, 0) is 17.8 Å². The Morgan fingerprint density at radius 2 is 2.12 bits per heavy atom. The van der Waals surface area contributed by atoms with Crippen molar-refractivity contribution in [3.8, 4) is 5.75 Å². The van der Waals surface area contributed by atoms with E-state index in [0.717, 1.165) is 12.5 Å². The van der Waals surface area contributed by atoms with Crippen LogP contribution >= 0.6 is 0 Å².